The standard InChI is InChI=1S/C20H26N2O2/c1-13-6-5-7-15(8-13)18-10-17(22-24-18)19(23)21-16-9-14(2)11-20(3,4)12-16/h5-8,10,14,16H,9,11-12H2,1-4H3,(H,21,23)/t14-,16-/m0/s1. The van der Waals surface area contributed by atoms with Crippen molar-refractivity contribution in [3.8, 4) is 11.3 Å². The number of aryl methyl sites for hydroxylation is 1. The van der Waals surface area contributed by atoms with Crippen LogP contribution in [0.15, 0.2) is 34.9 Å². The summed E-state index contributed by atoms with van der Waals surface area (Å²) >= 11 is 0. The molecule has 1 aliphatic carbocycles. The number of carbonyl (C=O) groups excluding carboxylic acids is 1. The van der Waals surface area contributed by atoms with Gasteiger partial charge in [0, 0.05) is 17.7 Å². The number of nitrogens with zero attached hydrogens (tertiary/aromatic N) is 1. The molecule has 0 saturated heterocycles. The van der Waals surface area contributed by atoms with Crippen LogP contribution in [-0.4, -0.2) is 17.1 Å². The van der Waals surface area contributed by atoms with Crippen molar-refractivity contribution in [3.05, 3.63) is 41.6 Å². The zero-order chi connectivity index (χ0) is 17.3. The summed E-state index contributed by atoms with van der Waals surface area (Å²) in [5, 5.41) is 7.09. The predicted octanol–water partition coefficient (Wildman–Crippen LogP) is 4.59. The average Bonchev–Trinajstić information content (AvgIpc) is 2.94. The van der Waals surface area contributed by atoms with Gasteiger partial charge in [-0.25, -0.2) is 0 Å². The molecule has 1 N–H and O–H groups in total. The lowest BCUT2D eigenvalue weighted by Gasteiger charge is -2.39. The van der Waals surface area contributed by atoms with Gasteiger partial charge >= 0.3 is 0 Å². The molecule has 1 aromatic heterocycles. The van der Waals surface area contributed by atoms with Crippen molar-refractivity contribution in [2.24, 2.45) is 11.3 Å². The van der Waals surface area contributed by atoms with E-state index in [1.165, 1.54) is 6.42 Å². The molecule has 0 unspecified atom stereocenters. The van der Waals surface area contributed by atoms with E-state index >= 15 is 0 Å². The molecule has 24 heavy (non-hydrogen) atoms. The van der Waals surface area contributed by atoms with E-state index in [9.17, 15) is 4.79 Å². The monoisotopic (exact) mass is 326 g/mol. The van der Waals surface area contributed by atoms with Crippen LogP contribution in [0.25, 0.3) is 11.3 Å². The van der Waals surface area contributed by atoms with Gasteiger partial charge in [-0.05, 0) is 43.6 Å². The zero-order valence-electron chi connectivity index (χ0n) is 14.9. The Hall–Kier alpha value is -2.10. The van der Waals surface area contributed by atoms with Crippen LogP contribution in [0.4, 0.5) is 0 Å². The third-order valence-electron chi connectivity index (χ3n) is 4.77. The summed E-state index contributed by atoms with van der Waals surface area (Å²) in [7, 11) is 0. The normalized spacial score (nSPS) is 23.0. The Morgan fingerprint density at radius 3 is 2.79 bits per heavy atom. The Kier molecular flexibility index (Phi) is 4.48. The van der Waals surface area contributed by atoms with E-state index in [-0.39, 0.29) is 17.4 Å². The molecule has 1 amide bonds. The summed E-state index contributed by atoms with van der Waals surface area (Å²) in [5.41, 5.74) is 2.71. The minimum absolute atomic E-state index is 0.146. The fraction of sp³-hybridized carbons (Fsp3) is 0.500. The first kappa shape index (κ1) is 16.7. The molecule has 1 aliphatic rings. The summed E-state index contributed by atoms with van der Waals surface area (Å²) in [4.78, 5) is 12.5. The van der Waals surface area contributed by atoms with Crippen molar-refractivity contribution in [2.75, 3.05) is 0 Å². The zero-order valence-corrected chi connectivity index (χ0v) is 14.9. The molecule has 1 aromatic carbocycles. The third kappa shape index (κ3) is 3.86. The Balaban J connectivity index is 1.70. The number of amides is 1. The molecule has 0 bridgehead atoms. The SMILES string of the molecule is Cc1cccc(-c2cc(C(=O)N[C@H]3C[C@H](C)CC(C)(C)C3)no2)c1. The molecule has 0 aliphatic heterocycles. The molecule has 128 valence electrons. The Bertz CT molecular complexity index is 733. The average molecular weight is 326 g/mol. The quantitative estimate of drug-likeness (QED) is 0.897. The number of aromatic nitrogens is 1. The van der Waals surface area contributed by atoms with Gasteiger partial charge in [0.25, 0.3) is 5.91 Å². The second kappa shape index (κ2) is 6.42. The first-order valence-electron chi connectivity index (χ1n) is 8.67. The number of rotatable bonds is 3. The Labute approximate surface area is 143 Å². The first-order valence-corrected chi connectivity index (χ1v) is 8.67. The Morgan fingerprint density at radius 1 is 1.29 bits per heavy atom. The van der Waals surface area contributed by atoms with E-state index < -0.39 is 0 Å². The van der Waals surface area contributed by atoms with Crippen molar-refractivity contribution >= 4 is 5.91 Å². The highest BCUT2D eigenvalue weighted by atomic mass is 16.5. The van der Waals surface area contributed by atoms with Gasteiger partial charge in [-0.1, -0.05) is 49.7 Å². The van der Waals surface area contributed by atoms with Crippen LogP contribution in [-0.2, 0) is 0 Å². The predicted molar refractivity (Wildman–Crippen MR) is 94.7 cm³/mol. The third-order valence-corrected chi connectivity index (χ3v) is 4.77. The molecule has 4 heteroatoms. The maximum atomic E-state index is 12.5. The largest absolute Gasteiger partial charge is 0.355 e. The van der Waals surface area contributed by atoms with E-state index in [4.69, 9.17) is 4.52 Å². The molecule has 3 rings (SSSR count). The van der Waals surface area contributed by atoms with Crippen LogP contribution < -0.4 is 5.32 Å². The molecule has 0 radical (unpaired) electrons. The fourth-order valence-electron chi connectivity index (χ4n) is 4.03. The molecular weight excluding hydrogens is 300 g/mol. The van der Waals surface area contributed by atoms with Crippen LogP contribution in [0.3, 0.4) is 0 Å². The van der Waals surface area contributed by atoms with E-state index in [1.807, 2.05) is 31.2 Å². The van der Waals surface area contributed by atoms with Crippen molar-refractivity contribution in [3.63, 3.8) is 0 Å². The van der Waals surface area contributed by atoms with Gasteiger partial charge in [-0.3, -0.25) is 4.79 Å². The van der Waals surface area contributed by atoms with Gasteiger partial charge < -0.3 is 9.84 Å². The van der Waals surface area contributed by atoms with E-state index in [2.05, 4.69) is 31.2 Å². The number of hydrogen-bond acceptors (Lipinski definition) is 3. The molecule has 1 fully saturated rings. The second-order valence-corrected chi connectivity index (χ2v) is 8.03. The van der Waals surface area contributed by atoms with Gasteiger partial charge in [0.1, 0.15) is 0 Å². The first-order chi connectivity index (χ1) is 11.3. The maximum Gasteiger partial charge on any atom is 0.273 e. The summed E-state index contributed by atoms with van der Waals surface area (Å²) in [5.74, 6) is 1.10. The fourth-order valence-corrected chi connectivity index (χ4v) is 4.03. The molecule has 2 atom stereocenters. The molecule has 0 spiro atoms. The summed E-state index contributed by atoms with van der Waals surface area (Å²) in [6.45, 7) is 8.83. The molecule has 1 saturated carbocycles. The van der Waals surface area contributed by atoms with Crippen LogP contribution in [0.1, 0.15) is 56.1 Å². The number of benzene rings is 1. The lowest BCUT2D eigenvalue weighted by atomic mass is 9.70. The smallest absolute Gasteiger partial charge is 0.273 e. The van der Waals surface area contributed by atoms with Crippen LogP contribution >= 0.6 is 0 Å². The van der Waals surface area contributed by atoms with Crippen molar-refractivity contribution in [1.29, 1.82) is 0 Å². The van der Waals surface area contributed by atoms with E-state index in [0.29, 0.717) is 17.4 Å². The summed E-state index contributed by atoms with van der Waals surface area (Å²) in [6.07, 6.45) is 3.24. The number of nitrogens with one attached hydrogen (secondary N) is 1. The van der Waals surface area contributed by atoms with Gasteiger partial charge in [0.2, 0.25) is 0 Å². The van der Waals surface area contributed by atoms with Crippen molar-refractivity contribution < 1.29 is 9.32 Å². The highest BCUT2D eigenvalue weighted by Crippen LogP contribution is 2.38. The van der Waals surface area contributed by atoms with Crippen LogP contribution in [0.2, 0.25) is 0 Å². The summed E-state index contributed by atoms with van der Waals surface area (Å²) in [6, 6.07) is 9.91. The van der Waals surface area contributed by atoms with Gasteiger partial charge in [-0.15, -0.1) is 0 Å². The van der Waals surface area contributed by atoms with E-state index in [0.717, 1.165) is 24.0 Å². The number of hydrogen-bond donors (Lipinski definition) is 1. The molecular formula is C20H26N2O2. The second-order valence-electron chi connectivity index (χ2n) is 8.03. The Morgan fingerprint density at radius 2 is 2.08 bits per heavy atom. The van der Waals surface area contributed by atoms with Gasteiger partial charge in [0.05, 0.1) is 0 Å². The minimum atomic E-state index is -0.146. The van der Waals surface area contributed by atoms with Crippen molar-refractivity contribution in [1.82, 2.24) is 10.5 Å². The number of carbonyl (C=O) groups is 1. The van der Waals surface area contributed by atoms with Crippen molar-refractivity contribution in [2.45, 2.75) is 53.0 Å². The lowest BCUT2D eigenvalue weighted by Crippen LogP contribution is -2.43. The van der Waals surface area contributed by atoms with Gasteiger partial charge in [-0.2, -0.15) is 0 Å². The lowest BCUT2D eigenvalue weighted by molar-refractivity contribution is 0.0865. The van der Waals surface area contributed by atoms with Crippen LogP contribution in [0.5, 0.6) is 0 Å². The topological polar surface area (TPSA) is 55.1 Å². The summed E-state index contributed by atoms with van der Waals surface area (Å²) < 4.78 is 5.37. The van der Waals surface area contributed by atoms with Gasteiger partial charge in [0.15, 0.2) is 11.5 Å². The van der Waals surface area contributed by atoms with E-state index in [1.54, 1.807) is 6.07 Å². The molecule has 2 aromatic rings. The highest BCUT2D eigenvalue weighted by molar-refractivity contribution is 5.93. The molecule has 1 heterocycles. The molecule has 4 nitrogen and oxygen atoms in total. The maximum absolute atomic E-state index is 12.5. The van der Waals surface area contributed by atoms with Crippen LogP contribution in [0, 0.1) is 18.3 Å². The minimum Gasteiger partial charge on any atom is -0.355 e. The highest BCUT2D eigenvalue weighted by Gasteiger charge is 2.33.